The highest BCUT2D eigenvalue weighted by molar-refractivity contribution is 9.10. The van der Waals surface area contributed by atoms with Crippen LogP contribution in [0.1, 0.15) is 20.8 Å². The Hall–Kier alpha value is -1.03. The summed E-state index contributed by atoms with van der Waals surface area (Å²) >= 11 is 3.49. The van der Waals surface area contributed by atoms with Crippen LogP contribution in [0.3, 0.4) is 0 Å². The van der Waals surface area contributed by atoms with Gasteiger partial charge in [-0.25, -0.2) is 0 Å². The predicted molar refractivity (Wildman–Crippen MR) is 74.6 cm³/mol. The molecule has 1 aliphatic heterocycles. The second kappa shape index (κ2) is 4.33. The highest BCUT2D eigenvalue weighted by atomic mass is 79.9. The van der Waals surface area contributed by atoms with Crippen molar-refractivity contribution in [2.24, 2.45) is 0 Å². The molecule has 1 unspecified atom stereocenters. The number of hydrogen-bond donors (Lipinski definition) is 0. The van der Waals surface area contributed by atoms with Gasteiger partial charge in [0, 0.05) is 17.6 Å². The van der Waals surface area contributed by atoms with Crippen LogP contribution in [0, 0.1) is 0 Å². The minimum absolute atomic E-state index is 0.109. The molecule has 1 aromatic rings. The average Bonchev–Trinajstić information content (AvgIpc) is 2.25. The summed E-state index contributed by atoms with van der Waals surface area (Å²) in [7, 11) is 1.84. The fourth-order valence-electron chi connectivity index (χ4n) is 2.44. The monoisotopic (exact) mass is 296 g/mol. The van der Waals surface area contributed by atoms with Gasteiger partial charge in [0.2, 0.25) is 5.91 Å². The van der Waals surface area contributed by atoms with Gasteiger partial charge in [-0.05, 0) is 39.0 Å². The van der Waals surface area contributed by atoms with E-state index in [9.17, 15) is 4.79 Å². The first kappa shape index (κ1) is 12.4. The molecule has 1 aromatic carbocycles. The highest BCUT2D eigenvalue weighted by Gasteiger charge is 2.34. The van der Waals surface area contributed by atoms with E-state index in [1.807, 2.05) is 26.1 Å². The summed E-state index contributed by atoms with van der Waals surface area (Å²) < 4.78 is 1.04. The van der Waals surface area contributed by atoms with Crippen molar-refractivity contribution in [3.63, 3.8) is 0 Å². The molecule has 2 rings (SSSR count). The molecule has 0 bridgehead atoms. The summed E-state index contributed by atoms with van der Waals surface area (Å²) in [6.45, 7) is 6.18. The predicted octanol–water partition coefficient (Wildman–Crippen LogP) is 3.03. The second-order valence-electron chi connectivity index (χ2n) is 4.71. The molecule has 0 spiro atoms. The molecule has 0 aliphatic carbocycles. The number of hydrogen-bond acceptors (Lipinski definition) is 2. The zero-order valence-corrected chi connectivity index (χ0v) is 12.2. The molecule has 0 N–H and O–H groups in total. The third kappa shape index (κ3) is 1.95. The molecule has 0 aromatic heterocycles. The van der Waals surface area contributed by atoms with E-state index in [1.165, 1.54) is 0 Å². The molecular weight excluding hydrogens is 280 g/mol. The Kier molecular flexibility index (Phi) is 3.17. The number of anilines is 2. The number of carbonyl (C=O) groups excluding carboxylic acids is 1. The van der Waals surface area contributed by atoms with E-state index in [1.54, 1.807) is 4.90 Å². The Morgan fingerprint density at radius 1 is 1.29 bits per heavy atom. The smallest absolute Gasteiger partial charge is 0.249 e. The number of fused-ring (bicyclic) bond motifs is 1. The lowest BCUT2D eigenvalue weighted by Crippen LogP contribution is -2.53. The van der Waals surface area contributed by atoms with Gasteiger partial charge in [0.25, 0.3) is 0 Å². The van der Waals surface area contributed by atoms with Crippen molar-refractivity contribution < 1.29 is 4.79 Å². The molecule has 0 fully saturated rings. The van der Waals surface area contributed by atoms with Gasteiger partial charge in [-0.2, -0.15) is 0 Å². The maximum Gasteiger partial charge on any atom is 0.249 e. The third-order valence-electron chi connectivity index (χ3n) is 3.24. The standard InChI is InChI=1S/C13H17BrN2O/c1-8(2)16-9(3)13(17)15(4)11-6-5-10(14)7-12(11)16/h5-9H,1-4H3. The lowest BCUT2D eigenvalue weighted by atomic mass is 10.1. The van der Waals surface area contributed by atoms with E-state index in [0.717, 1.165) is 15.8 Å². The van der Waals surface area contributed by atoms with E-state index < -0.39 is 0 Å². The van der Waals surface area contributed by atoms with E-state index in [4.69, 9.17) is 0 Å². The molecule has 17 heavy (non-hydrogen) atoms. The quantitative estimate of drug-likeness (QED) is 0.795. The van der Waals surface area contributed by atoms with Crippen LogP contribution in [-0.4, -0.2) is 25.0 Å². The van der Waals surface area contributed by atoms with E-state index >= 15 is 0 Å². The maximum atomic E-state index is 12.2. The number of halogens is 1. The second-order valence-corrected chi connectivity index (χ2v) is 5.62. The first-order chi connectivity index (χ1) is 7.93. The van der Waals surface area contributed by atoms with Gasteiger partial charge >= 0.3 is 0 Å². The topological polar surface area (TPSA) is 23.6 Å². The Morgan fingerprint density at radius 3 is 2.53 bits per heavy atom. The van der Waals surface area contributed by atoms with Crippen LogP contribution < -0.4 is 9.80 Å². The Balaban J connectivity index is 2.60. The number of rotatable bonds is 1. The van der Waals surface area contributed by atoms with Crippen LogP contribution >= 0.6 is 15.9 Å². The lowest BCUT2D eigenvalue weighted by molar-refractivity contribution is -0.119. The van der Waals surface area contributed by atoms with Crippen LogP contribution in [0.25, 0.3) is 0 Å². The van der Waals surface area contributed by atoms with Gasteiger partial charge in [-0.1, -0.05) is 15.9 Å². The van der Waals surface area contributed by atoms with Crippen LogP contribution in [0.15, 0.2) is 22.7 Å². The summed E-state index contributed by atoms with van der Waals surface area (Å²) in [5.74, 6) is 0.147. The van der Waals surface area contributed by atoms with Crippen LogP contribution in [0.4, 0.5) is 11.4 Å². The Bertz CT molecular complexity index is 459. The van der Waals surface area contributed by atoms with E-state index in [-0.39, 0.29) is 11.9 Å². The summed E-state index contributed by atoms with van der Waals surface area (Å²) in [6, 6.07) is 6.22. The van der Waals surface area contributed by atoms with Crippen molar-refractivity contribution >= 4 is 33.2 Å². The van der Waals surface area contributed by atoms with Crippen molar-refractivity contribution in [2.45, 2.75) is 32.9 Å². The van der Waals surface area contributed by atoms with Gasteiger partial charge in [-0.3, -0.25) is 4.79 Å². The minimum Gasteiger partial charge on any atom is -0.356 e. The van der Waals surface area contributed by atoms with Crippen molar-refractivity contribution in [1.29, 1.82) is 0 Å². The average molecular weight is 297 g/mol. The van der Waals surface area contributed by atoms with Crippen molar-refractivity contribution in [2.75, 3.05) is 16.8 Å². The molecule has 1 aliphatic rings. The lowest BCUT2D eigenvalue weighted by Gasteiger charge is -2.42. The normalized spacial score (nSPS) is 19.9. The molecule has 4 heteroatoms. The maximum absolute atomic E-state index is 12.2. The number of likely N-dealkylation sites (N-methyl/N-ethyl adjacent to an activating group) is 1. The number of carbonyl (C=O) groups is 1. The number of nitrogens with zero attached hydrogens (tertiary/aromatic N) is 2. The molecule has 1 heterocycles. The molecular formula is C13H17BrN2O. The van der Waals surface area contributed by atoms with Gasteiger partial charge in [-0.15, -0.1) is 0 Å². The molecule has 0 saturated heterocycles. The van der Waals surface area contributed by atoms with Crippen LogP contribution in [0.2, 0.25) is 0 Å². The fourth-order valence-corrected chi connectivity index (χ4v) is 2.79. The first-order valence-corrected chi connectivity index (χ1v) is 6.58. The zero-order chi connectivity index (χ0) is 12.7. The van der Waals surface area contributed by atoms with Crippen LogP contribution in [0.5, 0.6) is 0 Å². The molecule has 3 nitrogen and oxygen atoms in total. The molecule has 92 valence electrons. The minimum atomic E-state index is -0.109. The fraction of sp³-hybridized carbons (Fsp3) is 0.462. The van der Waals surface area contributed by atoms with Gasteiger partial charge in [0.1, 0.15) is 6.04 Å². The molecule has 1 atom stereocenters. The first-order valence-electron chi connectivity index (χ1n) is 5.79. The van der Waals surface area contributed by atoms with E-state index in [0.29, 0.717) is 6.04 Å². The molecule has 1 amide bonds. The van der Waals surface area contributed by atoms with Gasteiger partial charge in [0.05, 0.1) is 11.4 Å². The van der Waals surface area contributed by atoms with Crippen molar-refractivity contribution in [1.82, 2.24) is 0 Å². The largest absolute Gasteiger partial charge is 0.356 e. The van der Waals surface area contributed by atoms with Crippen LogP contribution in [-0.2, 0) is 4.79 Å². The van der Waals surface area contributed by atoms with Crippen molar-refractivity contribution in [3.8, 4) is 0 Å². The molecule has 0 radical (unpaired) electrons. The Labute approximate surface area is 111 Å². The summed E-state index contributed by atoms with van der Waals surface area (Å²) in [5.41, 5.74) is 2.09. The number of amides is 1. The van der Waals surface area contributed by atoms with E-state index in [2.05, 4.69) is 40.7 Å². The number of benzene rings is 1. The summed E-state index contributed by atoms with van der Waals surface area (Å²) in [6.07, 6.45) is 0. The van der Waals surface area contributed by atoms with Gasteiger partial charge < -0.3 is 9.80 Å². The summed E-state index contributed by atoms with van der Waals surface area (Å²) in [4.78, 5) is 16.1. The molecule has 0 saturated carbocycles. The Morgan fingerprint density at radius 2 is 1.94 bits per heavy atom. The highest BCUT2D eigenvalue weighted by Crippen LogP contribution is 2.38. The summed E-state index contributed by atoms with van der Waals surface area (Å²) in [5, 5.41) is 0. The SMILES string of the molecule is CC(C)N1c2cc(Br)ccc2N(C)C(=O)C1C. The van der Waals surface area contributed by atoms with Crippen molar-refractivity contribution in [3.05, 3.63) is 22.7 Å². The third-order valence-corrected chi connectivity index (χ3v) is 3.73. The van der Waals surface area contributed by atoms with Gasteiger partial charge in [0.15, 0.2) is 0 Å². The zero-order valence-electron chi connectivity index (χ0n) is 10.6.